The van der Waals surface area contributed by atoms with Crippen molar-refractivity contribution < 1.29 is 5.21 Å². The van der Waals surface area contributed by atoms with Gasteiger partial charge in [-0.2, -0.15) is 0 Å². The van der Waals surface area contributed by atoms with Crippen molar-refractivity contribution in [3.8, 4) is 0 Å². The average Bonchev–Trinajstić information content (AvgIpc) is 2.94. The van der Waals surface area contributed by atoms with E-state index in [2.05, 4.69) is 22.4 Å². The third-order valence-corrected chi connectivity index (χ3v) is 2.25. The molecule has 0 radical (unpaired) electrons. The smallest absolute Gasteiger partial charge is 0.153 e. The predicted octanol–water partition coefficient (Wildman–Crippen LogP) is -0.583. The summed E-state index contributed by atoms with van der Waals surface area (Å²) < 4.78 is 0. The van der Waals surface area contributed by atoms with Gasteiger partial charge in [-0.15, -0.1) is 0 Å². The fraction of sp³-hybridized carbons (Fsp3) is 0.875. The Bertz CT molecular complexity index is 179. The van der Waals surface area contributed by atoms with Gasteiger partial charge < -0.3 is 21.2 Å². The highest BCUT2D eigenvalue weighted by Crippen LogP contribution is 2.24. The molecule has 13 heavy (non-hydrogen) atoms. The summed E-state index contributed by atoms with van der Waals surface area (Å²) in [5.41, 5.74) is 5.29. The zero-order chi connectivity index (χ0) is 9.68. The van der Waals surface area contributed by atoms with Gasteiger partial charge in [-0.3, -0.25) is 0 Å². The van der Waals surface area contributed by atoms with Crippen LogP contribution in [-0.2, 0) is 0 Å². The summed E-state index contributed by atoms with van der Waals surface area (Å²) in [6.07, 6.45) is 2.66. The number of likely N-dealkylation sites (N-methyl/N-ethyl adjacent to an activating group) is 1. The molecule has 0 aromatic heterocycles. The van der Waals surface area contributed by atoms with E-state index in [0.29, 0.717) is 6.54 Å². The summed E-state index contributed by atoms with van der Waals surface area (Å²) in [7, 11) is 2.13. The van der Waals surface area contributed by atoms with Gasteiger partial charge in [-0.25, -0.2) is 0 Å². The summed E-state index contributed by atoms with van der Waals surface area (Å²) in [5.74, 6) is 0.231. The molecule has 4 N–H and O–H groups in total. The van der Waals surface area contributed by atoms with Crippen LogP contribution in [0.5, 0.6) is 0 Å². The van der Waals surface area contributed by atoms with Gasteiger partial charge in [0.15, 0.2) is 5.84 Å². The molecule has 0 saturated heterocycles. The molecule has 0 aliphatic heterocycles. The van der Waals surface area contributed by atoms with Gasteiger partial charge in [0, 0.05) is 19.1 Å². The molecule has 0 aromatic rings. The Labute approximate surface area is 78.6 Å². The molecular weight excluding hydrogens is 168 g/mol. The Morgan fingerprint density at radius 1 is 1.69 bits per heavy atom. The maximum atomic E-state index is 8.25. The molecule has 5 heteroatoms. The molecule has 1 rings (SSSR count). The van der Waals surface area contributed by atoms with Gasteiger partial charge in [-0.1, -0.05) is 5.16 Å². The molecular formula is C8H18N4O. The number of oxime groups is 1. The minimum absolute atomic E-state index is 0.231. The van der Waals surface area contributed by atoms with E-state index in [1.165, 1.54) is 12.8 Å². The molecule has 1 saturated carbocycles. The predicted molar refractivity (Wildman–Crippen MR) is 51.9 cm³/mol. The lowest BCUT2D eigenvalue weighted by atomic mass is 10.5. The van der Waals surface area contributed by atoms with Crippen LogP contribution in [0.25, 0.3) is 0 Å². The van der Waals surface area contributed by atoms with Crippen LogP contribution in [0.15, 0.2) is 5.16 Å². The first kappa shape index (κ1) is 10.3. The number of nitrogens with zero attached hydrogens (tertiary/aromatic N) is 2. The molecule has 0 amide bonds. The van der Waals surface area contributed by atoms with Crippen molar-refractivity contribution in [1.29, 1.82) is 0 Å². The topological polar surface area (TPSA) is 73.9 Å². The molecule has 1 fully saturated rings. The van der Waals surface area contributed by atoms with E-state index in [9.17, 15) is 0 Å². The van der Waals surface area contributed by atoms with Crippen LogP contribution >= 0.6 is 0 Å². The molecule has 5 nitrogen and oxygen atoms in total. The zero-order valence-corrected chi connectivity index (χ0v) is 8.03. The Balaban J connectivity index is 1.94. The monoisotopic (exact) mass is 186 g/mol. The van der Waals surface area contributed by atoms with Crippen molar-refractivity contribution in [1.82, 2.24) is 10.2 Å². The Morgan fingerprint density at radius 2 is 2.38 bits per heavy atom. The number of hydrogen-bond acceptors (Lipinski definition) is 4. The lowest BCUT2D eigenvalue weighted by Gasteiger charge is -2.15. The fourth-order valence-corrected chi connectivity index (χ4v) is 1.21. The van der Waals surface area contributed by atoms with E-state index in [1.54, 1.807) is 0 Å². The van der Waals surface area contributed by atoms with Crippen molar-refractivity contribution in [3.63, 3.8) is 0 Å². The van der Waals surface area contributed by atoms with Crippen LogP contribution in [0.3, 0.4) is 0 Å². The van der Waals surface area contributed by atoms with Crippen molar-refractivity contribution >= 4 is 5.84 Å². The molecule has 0 spiro atoms. The van der Waals surface area contributed by atoms with Gasteiger partial charge >= 0.3 is 0 Å². The maximum absolute atomic E-state index is 8.25. The Hall–Kier alpha value is -0.810. The first-order chi connectivity index (χ1) is 6.24. The third kappa shape index (κ3) is 4.10. The lowest BCUT2D eigenvalue weighted by Crippen LogP contribution is -2.35. The molecule has 1 aliphatic rings. The molecule has 0 aromatic carbocycles. The summed E-state index contributed by atoms with van der Waals surface area (Å²) in [6.45, 7) is 2.35. The number of rotatable bonds is 6. The number of nitrogens with one attached hydrogen (secondary N) is 1. The lowest BCUT2D eigenvalue weighted by molar-refractivity contribution is 0.314. The zero-order valence-electron chi connectivity index (χ0n) is 8.03. The highest BCUT2D eigenvalue weighted by atomic mass is 16.4. The van der Waals surface area contributed by atoms with Gasteiger partial charge in [0.1, 0.15) is 0 Å². The van der Waals surface area contributed by atoms with Crippen LogP contribution in [0.4, 0.5) is 0 Å². The van der Waals surface area contributed by atoms with Crippen LogP contribution in [0.1, 0.15) is 12.8 Å². The number of nitrogens with two attached hydrogens (primary N) is 1. The van der Waals surface area contributed by atoms with Gasteiger partial charge in [0.2, 0.25) is 0 Å². The van der Waals surface area contributed by atoms with Crippen molar-refractivity contribution in [3.05, 3.63) is 0 Å². The van der Waals surface area contributed by atoms with E-state index in [-0.39, 0.29) is 5.84 Å². The molecule has 76 valence electrons. The second-order valence-electron chi connectivity index (χ2n) is 3.48. The molecule has 0 bridgehead atoms. The van der Waals surface area contributed by atoms with Crippen molar-refractivity contribution in [2.24, 2.45) is 10.9 Å². The normalized spacial score (nSPS) is 18.2. The number of hydrogen-bond donors (Lipinski definition) is 3. The second kappa shape index (κ2) is 5.04. The summed E-state index contributed by atoms with van der Waals surface area (Å²) in [6, 6.07) is 0.797. The average molecular weight is 186 g/mol. The van der Waals surface area contributed by atoms with Gasteiger partial charge in [0.25, 0.3) is 0 Å². The third-order valence-electron chi connectivity index (χ3n) is 2.25. The SMILES string of the molecule is CN(CCNCC(N)=NO)C1CC1. The van der Waals surface area contributed by atoms with Crippen molar-refractivity contribution in [2.75, 3.05) is 26.7 Å². The highest BCUT2D eigenvalue weighted by Gasteiger charge is 2.25. The maximum Gasteiger partial charge on any atom is 0.153 e. The second-order valence-corrected chi connectivity index (χ2v) is 3.48. The van der Waals surface area contributed by atoms with E-state index >= 15 is 0 Å². The van der Waals surface area contributed by atoms with E-state index in [1.807, 2.05) is 0 Å². The van der Waals surface area contributed by atoms with Crippen LogP contribution in [0.2, 0.25) is 0 Å². The van der Waals surface area contributed by atoms with Gasteiger partial charge in [-0.05, 0) is 19.9 Å². The van der Waals surface area contributed by atoms with E-state index in [0.717, 1.165) is 19.1 Å². The highest BCUT2D eigenvalue weighted by molar-refractivity contribution is 5.81. The molecule has 1 aliphatic carbocycles. The quantitative estimate of drug-likeness (QED) is 0.170. The first-order valence-corrected chi connectivity index (χ1v) is 4.61. The fourth-order valence-electron chi connectivity index (χ4n) is 1.21. The summed E-state index contributed by atoms with van der Waals surface area (Å²) in [4.78, 5) is 2.33. The minimum Gasteiger partial charge on any atom is -0.409 e. The summed E-state index contributed by atoms with van der Waals surface area (Å²) >= 11 is 0. The standard InChI is InChI=1S/C8H18N4O/c1-12(7-2-3-7)5-4-10-6-8(9)11-13/h7,10,13H,2-6H2,1H3,(H2,9,11). The van der Waals surface area contributed by atoms with Gasteiger partial charge in [0.05, 0.1) is 6.54 Å². The van der Waals surface area contributed by atoms with E-state index in [4.69, 9.17) is 10.9 Å². The number of amidine groups is 1. The van der Waals surface area contributed by atoms with E-state index < -0.39 is 0 Å². The molecule has 0 heterocycles. The molecule has 0 unspecified atom stereocenters. The van der Waals surface area contributed by atoms with Crippen LogP contribution < -0.4 is 11.1 Å². The molecule has 0 atom stereocenters. The first-order valence-electron chi connectivity index (χ1n) is 4.61. The van der Waals surface area contributed by atoms with Crippen molar-refractivity contribution in [2.45, 2.75) is 18.9 Å². The van der Waals surface area contributed by atoms with Crippen LogP contribution in [-0.4, -0.2) is 48.7 Å². The Morgan fingerprint density at radius 3 is 2.92 bits per heavy atom. The Kier molecular flexibility index (Phi) is 3.98. The minimum atomic E-state index is 0.231. The summed E-state index contributed by atoms with van der Waals surface area (Å²) in [5, 5.41) is 14.2. The largest absolute Gasteiger partial charge is 0.409 e. The van der Waals surface area contributed by atoms with Crippen LogP contribution in [0, 0.1) is 0 Å².